The summed E-state index contributed by atoms with van der Waals surface area (Å²) in [5.74, 6) is 0.141. The van der Waals surface area contributed by atoms with Crippen molar-refractivity contribution in [1.82, 2.24) is 5.43 Å². The van der Waals surface area contributed by atoms with Gasteiger partial charge in [-0.25, -0.2) is 5.43 Å². The van der Waals surface area contributed by atoms with Crippen LogP contribution >= 0.6 is 0 Å². The van der Waals surface area contributed by atoms with Crippen molar-refractivity contribution in [2.45, 2.75) is 20.5 Å². The number of ether oxygens (including phenoxy) is 1. The molecule has 0 saturated carbocycles. The number of rotatable bonds is 8. The molecule has 2 amide bonds. The van der Waals surface area contributed by atoms with Gasteiger partial charge < -0.3 is 10.1 Å². The average molecular weight is 415 g/mol. The predicted octanol–water partition coefficient (Wildman–Crippen LogP) is 4.62. The van der Waals surface area contributed by atoms with Crippen LogP contribution in [0.25, 0.3) is 0 Å². The molecule has 3 aromatic carbocycles. The minimum atomic E-state index is -0.347. The van der Waals surface area contributed by atoms with Gasteiger partial charge in [0, 0.05) is 22.7 Å². The normalized spacial score (nSPS) is 10.8. The van der Waals surface area contributed by atoms with Crippen molar-refractivity contribution in [1.29, 1.82) is 0 Å². The number of hydrogen-bond donors (Lipinski definition) is 2. The Kier molecular flexibility index (Phi) is 7.54. The monoisotopic (exact) mass is 415 g/mol. The zero-order chi connectivity index (χ0) is 22.1. The summed E-state index contributed by atoms with van der Waals surface area (Å²) in [7, 11) is 0. The summed E-state index contributed by atoms with van der Waals surface area (Å²) < 4.78 is 5.89. The molecule has 6 heteroatoms. The Bertz CT molecular complexity index is 1050. The number of hydrogen-bond acceptors (Lipinski definition) is 4. The van der Waals surface area contributed by atoms with E-state index < -0.39 is 0 Å². The van der Waals surface area contributed by atoms with Crippen molar-refractivity contribution >= 4 is 23.7 Å². The summed E-state index contributed by atoms with van der Waals surface area (Å²) in [4.78, 5) is 24.1. The molecule has 0 heterocycles. The number of carbonyl (C=O) groups is 2. The summed E-state index contributed by atoms with van der Waals surface area (Å²) in [6.07, 6.45) is 1.55. The van der Waals surface area contributed by atoms with E-state index in [0.29, 0.717) is 23.6 Å². The third-order valence-electron chi connectivity index (χ3n) is 4.46. The predicted molar refractivity (Wildman–Crippen MR) is 122 cm³/mol. The molecule has 2 N–H and O–H groups in total. The molecule has 0 spiro atoms. The van der Waals surface area contributed by atoms with Crippen molar-refractivity contribution < 1.29 is 14.3 Å². The van der Waals surface area contributed by atoms with Crippen molar-refractivity contribution in [3.05, 3.63) is 95.6 Å². The highest BCUT2D eigenvalue weighted by atomic mass is 16.5. The Labute approximate surface area is 182 Å². The number of para-hydroxylation sites is 1. The number of nitrogens with one attached hydrogen (secondary N) is 2. The Morgan fingerprint density at radius 3 is 2.32 bits per heavy atom. The van der Waals surface area contributed by atoms with Gasteiger partial charge in [0.1, 0.15) is 12.4 Å². The molecule has 0 aliphatic rings. The topological polar surface area (TPSA) is 79.8 Å². The molecule has 3 aromatic rings. The highest BCUT2D eigenvalue weighted by Gasteiger charge is 2.09. The van der Waals surface area contributed by atoms with Crippen LogP contribution in [0.4, 0.5) is 5.69 Å². The lowest BCUT2D eigenvalue weighted by Crippen LogP contribution is -2.19. The average Bonchev–Trinajstić information content (AvgIpc) is 2.79. The van der Waals surface area contributed by atoms with Gasteiger partial charge in [0.2, 0.25) is 5.91 Å². The first kappa shape index (κ1) is 21.8. The van der Waals surface area contributed by atoms with Crippen LogP contribution in [-0.4, -0.2) is 18.0 Å². The fourth-order valence-electron chi connectivity index (χ4n) is 2.67. The third-order valence-corrected chi connectivity index (χ3v) is 4.46. The minimum absolute atomic E-state index is 0.0741. The van der Waals surface area contributed by atoms with Gasteiger partial charge in [-0.2, -0.15) is 5.10 Å². The molecule has 0 unspecified atom stereocenters. The fraction of sp³-hybridized carbons (Fsp3) is 0.160. The van der Waals surface area contributed by atoms with E-state index in [9.17, 15) is 9.59 Å². The molecule has 0 aliphatic carbocycles. The van der Waals surface area contributed by atoms with Crippen molar-refractivity contribution in [2.75, 3.05) is 5.32 Å². The lowest BCUT2D eigenvalue weighted by atomic mass is 10.1. The molecule has 0 bridgehead atoms. The van der Waals surface area contributed by atoms with Gasteiger partial charge >= 0.3 is 0 Å². The minimum Gasteiger partial charge on any atom is -0.488 e. The van der Waals surface area contributed by atoms with Gasteiger partial charge in [0.25, 0.3) is 5.91 Å². The molecule has 0 saturated heterocycles. The van der Waals surface area contributed by atoms with Gasteiger partial charge in [0.05, 0.1) is 6.21 Å². The molecule has 6 nitrogen and oxygen atoms in total. The number of carbonyl (C=O) groups excluding carboxylic acids is 2. The van der Waals surface area contributed by atoms with Gasteiger partial charge in [0.15, 0.2) is 0 Å². The summed E-state index contributed by atoms with van der Waals surface area (Å²) in [6, 6.07) is 24.0. The molecule has 3 rings (SSSR count). The summed E-state index contributed by atoms with van der Waals surface area (Å²) in [5.41, 5.74) is 5.42. The maximum atomic E-state index is 12.3. The van der Waals surface area contributed by atoms with Crippen LogP contribution in [0.5, 0.6) is 5.75 Å². The van der Waals surface area contributed by atoms with Crippen molar-refractivity contribution in [3.63, 3.8) is 0 Å². The first-order valence-corrected chi connectivity index (χ1v) is 10.0. The second kappa shape index (κ2) is 10.7. The van der Waals surface area contributed by atoms with E-state index in [4.69, 9.17) is 4.74 Å². The molecule has 0 aromatic heterocycles. The van der Waals surface area contributed by atoms with Crippen molar-refractivity contribution in [3.8, 4) is 5.75 Å². The highest BCUT2D eigenvalue weighted by molar-refractivity contribution is 5.96. The number of anilines is 1. The van der Waals surface area contributed by atoms with E-state index in [1.54, 1.807) is 30.5 Å². The zero-order valence-electron chi connectivity index (χ0n) is 17.5. The van der Waals surface area contributed by atoms with E-state index in [0.717, 1.165) is 11.1 Å². The van der Waals surface area contributed by atoms with E-state index >= 15 is 0 Å². The first-order valence-electron chi connectivity index (χ1n) is 10.0. The summed E-state index contributed by atoms with van der Waals surface area (Å²) in [6.45, 7) is 4.08. The maximum absolute atomic E-state index is 12.3. The number of hydrazone groups is 1. The molecule has 31 heavy (non-hydrogen) atoms. The van der Waals surface area contributed by atoms with E-state index in [2.05, 4.69) is 15.8 Å². The van der Waals surface area contributed by atoms with E-state index in [1.807, 2.05) is 68.4 Å². The molecule has 0 radical (unpaired) electrons. The van der Waals surface area contributed by atoms with Gasteiger partial charge in [-0.1, -0.05) is 56.3 Å². The Morgan fingerprint density at radius 2 is 1.61 bits per heavy atom. The van der Waals surface area contributed by atoms with E-state index in [-0.39, 0.29) is 17.7 Å². The van der Waals surface area contributed by atoms with Gasteiger partial charge in [-0.15, -0.1) is 0 Å². The first-order chi connectivity index (χ1) is 15.0. The van der Waals surface area contributed by atoms with Crippen LogP contribution in [-0.2, 0) is 11.4 Å². The lowest BCUT2D eigenvalue weighted by molar-refractivity contribution is -0.118. The van der Waals surface area contributed by atoms with Gasteiger partial charge in [-0.3, -0.25) is 9.59 Å². The smallest absolute Gasteiger partial charge is 0.271 e. The summed E-state index contributed by atoms with van der Waals surface area (Å²) in [5, 5.41) is 6.84. The number of benzene rings is 3. The number of nitrogens with zero attached hydrogens (tertiary/aromatic N) is 1. The van der Waals surface area contributed by atoms with Crippen LogP contribution in [0, 0.1) is 5.92 Å². The second-order valence-corrected chi connectivity index (χ2v) is 7.23. The van der Waals surface area contributed by atoms with Crippen LogP contribution in [0.2, 0.25) is 0 Å². The lowest BCUT2D eigenvalue weighted by Gasteiger charge is -2.09. The SMILES string of the molecule is CC(C)C(=O)Nc1ccc(C(=O)N/N=C/c2ccccc2OCc2ccccc2)cc1. The Morgan fingerprint density at radius 1 is 0.935 bits per heavy atom. The summed E-state index contributed by atoms with van der Waals surface area (Å²) >= 11 is 0. The van der Waals surface area contributed by atoms with Crippen LogP contribution < -0.4 is 15.5 Å². The molecule has 0 aliphatic heterocycles. The largest absolute Gasteiger partial charge is 0.488 e. The Balaban J connectivity index is 1.58. The Hall–Kier alpha value is -3.93. The molecule has 0 atom stereocenters. The van der Waals surface area contributed by atoms with Crippen LogP contribution in [0.15, 0.2) is 84.0 Å². The van der Waals surface area contributed by atoms with Crippen molar-refractivity contribution in [2.24, 2.45) is 11.0 Å². The quantitative estimate of drug-likeness (QED) is 0.416. The van der Waals surface area contributed by atoms with Crippen LogP contribution in [0.3, 0.4) is 0 Å². The number of amides is 2. The maximum Gasteiger partial charge on any atom is 0.271 e. The second-order valence-electron chi connectivity index (χ2n) is 7.23. The standard InChI is InChI=1S/C25H25N3O3/c1-18(2)24(29)27-22-14-12-20(13-15-22)25(30)28-26-16-21-10-6-7-11-23(21)31-17-19-8-4-3-5-9-19/h3-16,18H,17H2,1-2H3,(H,27,29)(H,28,30)/b26-16+. The fourth-order valence-corrected chi connectivity index (χ4v) is 2.67. The third kappa shape index (κ3) is 6.54. The molecule has 0 fully saturated rings. The zero-order valence-corrected chi connectivity index (χ0v) is 17.5. The molecular formula is C25H25N3O3. The van der Waals surface area contributed by atoms with Crippen LogP contribution in [0.1, 0.15) is 35.3 Å². The van der Waals surface area contributed by atoms with E-state index in [1.165, 1.54) is 0 Å². The molecular weight excluding hydrogens is 390 g/mol. The highest BCUT2D eigenvalue weighted by Crippen LogP contribution is 2.17. The molecule has 158 valence electrons. The van der Waals surface area contributed by atoms with Gasteiger partial charge in [-0.05, 0) is 42.0 Å².